The Morgan fingerprint density at radius 2 is 1.89 bits per heavy atom. The molecule has 0 saturated carbocycles. The van der Waals surface area contributed by atoms with Crippen molar-refractivity contribution in [3.63, 3.8) is 0 Å². The molecule has 0 aliphatic carbocycles. The maximum Gasteiger partial charge on any atom is 0.310 e. The van der Waals surface area contributed by atoms with E-state index in [9.17, 15) is 13.6 Å². The molecule has 0 radical (unpaired) electrons. The molecule has 0 spiro atoms. The fraction of sp³-hybridized carbons (Fsp3) is 0.222. The van der Waals surface area contributed by atoms with E-state index in [4.69, 9.17) is 10.5 Å². The molecule has 1 atom stereocenters. The van der Waals surface area contributed by atoms with Crippen molar-refractivity contribution in [2.45, 2.75) is 13.5 Å². The molecule has 0 amide bonds. The largest absolute Gasteiger partial charge is 0.469 e. The number of nitrogens with two attached hydrogens (primary N) is 1. The molecule has 2 aromatic heterocycles. The molecule has 2 N–H and O–H groups in total. The fourth-order valence-electron chi connectivity index (χ4n) is 2.71. The Morgan fingerprint density at radius 3 is 2.52 bits per heavy atom. The van der Waals surface area contributed by atoms with E-state index in [1.165, 1.54) is 31.9 Å². The first-order valence-electron chi connectivity index (χ1n) is 8.07. The highest BCUT2D eigenvalue weighted by atomic mass is 19.2. The third kappa shape index (κ3) is 3.76. The van der Waals surface area contributed by atoms with Crippen LogP contribution in [0.4, 0.5) is 14.7 Å². The Hall–Kier alpha value is -3.36. The number of esters is 1. The standard InChI is InChI=1S/C18H17F2N5O2/c1-10(17(26)27-2)8-25-9-24-15(11-3-4-13(19)14(20)5-11)16(25)12-6-22-18(21)23-7-12/h3-7,9-10H,8H2,1-2H3,(H2,21,22,23). The van der Waals surface area contributed by atoms with Gasteiger partial charge in [0, 0.05) is 30.1 Å². The van der Waals surface area contributed by atoms with E-state index in [0.717, 1.165) is 12.1 Å². The lowest BCUT2D eigenvalue weighted by atomic mass is 10.1. The first kappa shape index (κ1) is 18.4. The quantitative estimate of drug-likeness (QED) is 0.691. The van der Waals surface area contributed by atoms with Crippen molar-refractivity contribution in [2.24, 2.45) is 5.92 Å². The summed E-state index contributed by atoms with van der Waals surface area (Å²) in [5, 5.41) is 0. The molecule has 0 aliphatic heterocycles. The average molecular weight is 373 g/mol. The van der Waals surface area contributed by atoms with E-state index in [0.29, 0.717) is 22.5 Å². The highest BCUT2D eigenvalue weighted by Gasteiger charge is 2.21. The van der Waals surface area contributed by atoms with E-state index < -0.39 is 17.6 Å². The number of methoxy groups -OCH3 is 1. The average Bonchev–Trinajstić information content (AvgIpc) is 3.07. The summed E-state index contributed by atoms with van der Waals surface area (Å²) in [4.78, 5) is 24.1. The molecule has 2 heterocycles. The fourth-order valence-corrected chi connectivity index (χ4v) is 2.71. The van der Waals surface area contributed by atoms with Gasteiger partial charge < -0.3 is 15.0 Å². The number of anilines is 1. The lowest BCUT2D eigenvalue weighted by molar-refractivity contribution is -0.145. The van der Waals surface area contributed by atoms with Gasteiger partial charge in [0.25, 0.3) is 0 Å². The van der Waals surface area contributed by atoms with Gasteiger partial charge in [-0.2, -0.15) is 0 Å². The highest BCUT2D eigenvalue weighted by Crippen LogP contribution is 2.32. The number of benzene rings is 1. The minimum atomic E-state index is -0.982. The maximum atomic E-state index is 13.7. The zero-order chi connectivity index (χ0) is 19.6. The van der Waals surface area contributed by atoms with Crippen LogP contribution < -0.4 is 5.73 Å². The van der Waals surface area contributed by atoms with E-state index in [1.807, 2.05) is 0 Å². The number of imidazole rings is 1. The Kier molecular flexibility index (Phi) is 5.11. The Labute approximate surface area is 153 Å². The van der Waals surface area contributed by atoms with Crippen molar-refractivity contribution in [3.8, 4) is 22.5 Å². The van der Waals surface area contributed by atoms with Crippen molar-refractivity contribution >= 4 is 11.9 Å². The number of halogens is 2. The van der Waals surface area contributed by atoms with Gasteiger partial charge in [-0.3, -0.25) is 4.79 Å². The number of carbonyl (C=O) groups is 1. The van der Waals surface area contributed by atoms with Crippen LogP contribution in [0.3, 0.4) is 0 Å². The zero-order valence-electron chi connectivity index (χ0n) is 14.7. The van der Waals surface area contributed by atoms with Crippen LogP contribution in [-0.2, 0) is 16.1 Å². The molecule has 0 fully saturated rings. The predicted octanol–water partition coefficient (Wildman–Crippen LogP) is 2.68. The van der Waals surface area contributed by atoms with Crippen LogP contribution in [-0.4, -0.2) is 32.6 Å². The molecule has 27 heavy (non-hydrogen) atoms. The van der Waals surface area contributed by atoms with Crippen LogP contribution in [0, 0.1) is 17.6 Å². The molecule has 3 rings (SSSR count). The number of ether oxygens (including phenoxy) is 1. The van der Waals surface area contributed by atoms with Crippen molar-refractivity contribution in [3.05, 3.63) is 48.6 Å². The van der Waals surface area contributed by atoms with Crippen LogP contribution in [0.2, 0.25) is 0 Å². The zero-order valence-corrected chi connectivity index (χ0v) is 14.7. The van der Waals surface area contributed by atoms with E-state index >= 15 is 0 Å². The monoisotopic (exact) mass is 373 g/mol. The summed E-state index contributed by atoms with van der Waals surface area (Å²) in [6.45, 7) is 1.98. The lowest BCUT2D eigenvalue weighted by Gasteiger charge is -2.14. The van der Waals surface area contributed by atoms with Gasteiger partial charge in [-0.05, 0) is 18.2 Å². The SMILES string of the molecule is COC(=O)C(C)Cn1cnc(-c2ccc(F)c(F)c2)c1-c1cnc(N)nc1. The molecule has 9 heteroatoms. The molecule has 0 saturated heterocycles. The Bertz CT molecular complexity index is 972. The minimum absolute atomic E-state index is 0.0992. The summed E-state index contributed by atoms with van der Waals surface area (Å²) < 4.78 is 33.5. The molecule has 0 bridgehead atoms. The number of aromatic nitrogens is 4. The second-order valence-corrected chi connectivity index (χ2v) is 5.98. The molecule has 1 aromatic carbocycles. The number of nitrogen functional groups attached to an aromatic ring is 1. The van der Waals surface area contributed by atoms with Crippen molar-refractivity contribution in [1.29, 1.82) is 0 Å². The predicted molar refractivity (Wildman–Crippen MR) is 94.2 cm³/mol. The minimum Gasteiger partial charge on any atom is -0.469 e. The summed E-state index contributed by atoms with van der Waals surface area (Å²) in [5.41, 5.74) is 7.45. The van der Waals surface area contributed by atoms with Crippen LogP contribution in [0.1, 0.15) is 6.92 Å². The van der Waals surface area contributed by atoms with Gasteiger partial charge in [0.15, 0.2) is 11.6 Å². The van der Waals surface area contributed by atoms with Crippen molar-refractivity contribution < 1.29 is 18.3 Å². The highest BCUT2D eigenvalue weighted by molar-refractivity contribution is 5.78. The smallest absolute Gasteiger partial charge is 0.310 e. The molecule has 140 valence electrons. The summed E-state index contributed by atoms with van der Waals surface area (Å²) in [6.07, 6.45) is 4.52. The van der Waals surface area contributed by atoms with Crippen LogP contribution in [0.5, 0.6) is 0 Å². The normalized spacial score (nSPS) is 12.0. The van der Waals surface area contributed by atoms with Crippen molar-refractivity contribution in [2.75, 3.05) is 12.8 Å². The summed E-state index contributed by atoms with van der Waals surface area (Å²) in [5.74, 6) is -2.66. The topological polar surface area (TPSA) is 95.9 Å². The Balaban J connectivity index is 2.12. The molecule has 1 unspecified atom stereocenters. The second kappa shape index (κ2) is 7.48. The van der Waals surface area contributed by atoms with E-state index in [-0.39, 0.29) is 18.5 Å². The van der Waals surface area contributed by atoms with Gasteiger partial charge in [-0.25, -0.2) is 23.7 Å². The van der Waals surface area contributed by atoms with E-state index in [1.54, 1.807) is 11.5 Å². The Morgan fingerprint density at radius 1 is 1.19 bits per heavy atom. The first-order chi connectivity index (χ1) is 12.9. The number of hydrogen-bond donors (Lipinski definition) is 1. The summed E-state index contributed by atoms with van der Waals surface area (Å²) in [6, 6.07) is 3.52. The van der Waals surface area contributed by atoms with Crippen LogP contribution in [0.15, 0.2) is 36.9 Å². The summed E-state index contributed by atoms with van der Waals surface area (Å²) in [7, 11) is 1.31. The lowest BCUT2D eigenvalue weighted by Crippen LogP contribution is -2.19. The number of rotatable bonds is 5. The maximum absolute atomic E-state index is 13.7. The molecular formula is C18H17F2N5O2. The van der Waals surface area contributed by atoms with Gasteiger partial charge in [0.05, 0.1) is 30.7 Å². The molecular weight excluding hydrogens is 356 g/mol. The van der Waals surface area contributed by atoms with Crippen molar-refractivity contribution in [1.82, 2.24) is 19.5 Å². The second-order valence-electron chi connectivity index (χ2n) is 5.98. The molecule has 0 aliphatic rings. The van der Waals surface area contributed by atoms with Gasteiger partial charge in [-0.15, -0.1) is 0 Å². The van der Waals surface area contributed by atoms with Gasteiger partial charge >= 0.3 is 5.97 Å². The van der Waals surface area contributed by atoms with E-state index in [2.05, 4.69) is 15.0 Å². The number of carbonyl (C=O) groups excluding carboxylic acids is 1. The number of nitrogens with zero attached hydrogens (tertiary/aromatic N) is 4. The number of hydrogen-bond acceptors (Lipinski definition) is 6. The third-order valence-electron chi connectivity index (χ3n) is 4.05. The first-order valence-corrected chi connectivity index (χ1v) is 8.07. The third-order valence-corrected chi connectivity index (χ3v) is 4.05. The van der Waals surface area contributed by atoms with Crippen LogP contribution in [0.25, 0.3) is 22.5 Å². The summed E-state index contributed by atoms with van der Waals surface area (Å²) >= 11 is 0. The molecule has 7 nitrogen and oxygen atoms in total. The van der Waals surface area contributed by atoms with Crippen LogP contribution >= 0.6 is 0 Å². The van der Waals surface area contributed by atoms with Gasteiger partial charge in [0.2, 0.25) is 5.95 Å². The molecule has 3 aromatic rings. The van der Waals surface area contributed by atoms with Gasteiger partial charge in [0.1, 0.15) is 0 Å². The van der Waals surface area contributed by atoms with Gasteiger partial charge in [-0.1, -0.05) is 6.92 Å².